The number of aromatic hydroxyl groups is 2. The van der Waals surface area contributed by atoms with Gasteiger partial charge < -0.3 is 20.2 Å². The number of phenols is 2. The Labute approximate surface area is 208 Å². The Kier molecular flexibility index (Phi) is 6.44. The third-order valence-corrected chi connectivity index (χ3v) is 6.77. The minimum atomic E-state index is -0.814. The number of nitrogens with zero attached hydrogens (tertiary/aromatic N) is 1. The standard InChI is InChI=1S/C30H26FNO4/c31-22-12-9-19(10-13-22)27(34)16-15-26-29(32(30(26)36)23-6-2-1-3-7-23)21-11-14-25(28(35)18-21)20-5-4-8-24(33)17-20/h1-14,17-18,26-27,29,33-35H,15-16H2/t26?,27-,29+/m0/s1. The summed E-state index contributed by atoms with van der Waals surface area (Å²) in [7, 11) is 0. The van der Waals surface area contributed by atoms with E-state index in [9.17, 15) is 24.5 Å². The van der Waals surface area contributed by atoms with E-state index in [4.69, 9.17) is 0 Å². The molecular weight excluding hydrogens is 457 g/mol. The summed E-state index contributed by atoms with van der Waals surface area (Å²) in [6.45, 7) is 0. The van der Waals surface area contributed by atoms with Crippen LogP contribution in [0.5, 0.6) is 11.5 Å². The van der Waals surface area contributed by atoms with E-state index in [2.05, 4.69) is 0 Å². The molecule has 0 aromatic heterocycles. The highest BCUT2D eigenvalue weighted by Crippen LogP contribution is 2.47. The third kappa shape index (κ3) is 4.55. The van der Waals surface area contributed by atoms with Crippen LogP contribution in [0.25, 0.3) is 11.1 Å². The maximum Gasteiger partial charge on any atom is 0.233 e. The minimum Gasteiger partial charge on any atom is -0.508 e. The fraction of sp³-hybridized carbons (Fsp3) is 0.167. The zero-order valence-electron chi connectivity index (χ0n) is 19.5. The highest BCUT2D eigenvalue weighted by Gasteiger charge is 2.48. The summed E-state index contributed by atoms with van der Waals surface area (Å²) in [4.78, 5) is 15.0. The van der Waals surface area contributed by atoms with Crippen LogP contribution < -0.4 is 4.90 Å². The number of halogens is 1. The van der Waals surface area contributed by atoms with Gasteiger partial charge in [-0.05, 0) is 72.0 Å². The largest absolute Gasteiger partial charge is 0.508 e. The average molecular weight is 484 g/mol. The molecule has 1 fully saturated rings. The molecule has 5 rings (SSSR count). The van der Waals surface area contributed by atoms with Gasteiger partial charge in [0.1, 0.15) is 17.3 Å². The molecule has 4 aromatic rings. The van der Waals surface area contributed by atoms with E-state index < -0.39 is 6.10 Å². The molecular formula is C30H26FNO4. The lowest BCUT2D eigenvalue weighted by molar-refractivity contribution is -0.131. The number of aliphatic hydroxyl groups excluding tert-OH is 1. The SMILES string of the molecule is O=C1C(CC[C@H](O)c2ccc(F)cc2)[C@@H](c2ccc(-c3cccc(O)c3)c(O)c2)N1c1ccccc1. The number of carbonyl (C=O) groups excluding carboxylic acids is 1. The van der Waals surface area contributed by atoms with Crippen LogP contribution in [0.1, 0.15) is 36.1 Å². The van der Waals surface area contributed by atoms with Crippen molar-refractivity contribution in [2.45, 2.75) is 25.0 Å². The van der Waals surface area contributed by atoms with Crippen LogP contribution in [0.4, 0.5) is 10.1 Å². The molecule has 0 bridgehead atoms. The lowest BCUT2D eigenvalue weighted by Gasteiger charge is -2.48. The van der Waals surface area contributed by atoms with Crippen LogP contribution in [0.15, 0.2) is 97.1 Å². The summed E-state index contributed by atoms with van der Waals surface area (Å²) < 4.78 is 13.2. The van der Waals surface area contributed by atoms with Gasteiger partial charge in [0.25, 0.3) is 0 Å². The molecule has 5 nitrogen and oxygen atoms in total. The molecule has 0 spiro atoms. The summed E-state index contributed by atoms with van der Waals surface area (Å²) in [5.41, 5.74) is 3.41. The van der Waals surface area contributed by atoms with Crippen molar-refractivity contribution in [2.24, 2.45) is 5.92 Å². The van der Waals surface area contributed by atoms with E-state index in [0.29, 0.717) is 29.5 Å². The van der Waals surface area contributed by atoms with E-state index in [1.165, 1.54) is 12.1 Å². The van der Waals surface area contributed by atoms with Crippen LogP contribution in [0, 0.1) is 11.7 Å². The van der Waals surface area contributed by atoms with Gasteiger partial charge in [-0.15, -0.1) is 0 Å². The highest BCUT2D eigenvalue weighted by atomic mass is 19.1. The molecule has 1 aliphatic rings. The second-order valence-electron chi connectivity index (χ2n) is 9.07. The molecule has 1 unspecified atom stereocenters. The predicted octanol–water partition coefficient (Wildman–Crippen LogP) is 6.12. The molecule has 1 amide bonds. The average Bonchev–Trinajstić information content (AvgIpc) is 2.88. The summed E-state index contributed by atoms with van der Waals surface area (Å²) >= 11 is 0. The van der Waals surface area contributed by atoms with Crippen molar-refractivity contribution in [2.75, 3.05) is 4.90 Å². The molecule has 3 N–H and O–H groups in total. The Hall–Kier alpha value is -4.16. The molecule has 3 atom stereocenters. The normalized spacial score (nSPS) is 18.1. The lowest BCUT2D eigenvalue weighted by Crippen LogP contribution is -2.55. The molecule has 1 aliphatic heterocycles. The number of rotatable bonds is 7. The Bertz CT molecular complexity index is 1370. The number of benzene rings is 4. The molecule has 1 saturated heterocycles. The Balaban J connectivity index is 1.42. The molecule has 0 aliphatic carbocycles. The van der Waals surface area contributed by atoms with Crippen LogP contribution in [-0.4, -0.2) is 21.2 Å². The summed E-state index contributed by atoms with van der Waals surface area (Å²) in [5.74, 6) is -0.640. The minimum absolute atomic E-state index is 0.0472. The van der Waals surface area contributed by atoms with Crippen LogP contribution in [-0.2, 0) is 4.79 Å². The fourth-order valence-electron chi connectivity index (χ4n) is 4.93. The number of amides is 1. The number of β-lactam (4-membered cyclic amide) rings is 1. The van der Waals surface area contributed by atoms with E-state index >= 15 is 0 Å². The van der Waals surface area contributed by atoms with Crippen LogP contribution >= 0.6 is 0 Å². The summed E-state index contributed by atoms with van der Waals surface area (Å²) in [6, 6.07) is 26.8. The Morgan fingerprint density at radius 3 is 2.31 bits per heavy atom. The number of phenolic OH excluding ortho intramolecular Hbond substituents is 2. The second kappa shape index (κ2) is 9.84. The van der Waals surface area contributed by atoms with Crippen LogP contribution in [0.2, 0.25) is 0 Å². The van der Waals surface area contributed by atoms with Gasteiger partial charge in [-0.2, -0.15) is 0 Å². The van der Waals surface area contributed by atoms with Crippen molar-refractivity contribution in [3.8, 4) is 22.6 Å². The highest BCUT2D eigenvalue weighted by molar-refractivity contribution is 6.03. The van der Waals surface area contributed by atoms with Gasteiger partial charge in [0.05, 0.1) is 18.1 Å². The molecule has 4 aromatic carbocycles. The van der Waals surface area contributed by atoms with E-state index in [0.717, 1.165) is 11.3 Å². The van der Waals surface area contributed by atoms with Crippen molar-refractivity contribution < 1.29 is 24.5 Å². The van der Waals surface area contributed by atoms with Gasteiger partial charge in [0, 0.05) is 11.3 Å². The maximum atomic E-state index is 13.3. The first-order valence-electron chi connectivity index (χ1n) is 11.9. The van der Waals surface area contributed by atoms with Gasteiger partial charge in [-0.25, -0.2) is 4.39 Å². The van der Waals surface area contributed by atoms with Gasteiger partial charge in [-0.3, -0.25) is 4.79 Å². The lowest BCUT2D eigenvalue weighted by atomic mass is 9.78. The third-order valence-electron chi connectivity index (χ3n) is 6.77. The summed E-state index contributed by atoms with van der Waals surface area (Å²) in [5, 5.41) is 31.3. The van der Waals surface area contributed by atoms with Crippen molar-refractivity contribution in [3.63, 3.8) is 0 Å². The van der Waals surface area contributed by atoms with Crippen molar-refractivity contribution in [3.05, 3.63) is 114 Å². The molecule has 36 heavy (non-hydrogen) atoms. The quantitative estimate of drug-likeness (QED) is 0.277. The number of hydrogen-bond acceptors (Lipinski definition) is 4. The van der Waals surface area contributed by atoms with Gasteiger partial charge >= 0.3 is 0 Å². The number of hydrogen-bond donors (Lipinski definition) is 3. The van der Waals surface area contributed by atoms with Gasteiger partial charge in [-0.1, -0.05) is 54.6 Å². The maximum absolute atomic E-state index is 13.3. The smallest absolute Gasteiger partial charge is 0.233 e. The zero-order valence-corrected chi connectivity index (χ0v) is 19.5. The first kappa shape index (κ1) is 23.6. The van der Waals surface area contributed by atoms with Crippen molar-refractivity contribution in [1.29, 1.82) is 0 Å². The van der Waals surface area contributed by atoms with Crippen LogP contribution in [0.3, 0.4) is 0 Å². The van der Waals surface area contributed by atoms with Gasteiger partial charge in [0.2, 0.25) is 5.91 Å². The molecule has 0 saturated carbocycles. The molecule has 6 heteroatoms. The molecule has 182 valence electrons. The Morgan fingerprint density at radius 1 is 0.861 bits per heavy atom. The van der Waals surface area contributed by atoms with E-state index in [1.54, 1.807) is 53.4 Å². The number of aliphatic hydroxyl groups is 1. The Morgan fingerprint density at radius 2 is 1.61 bits per heavy atom. The first-order valence-corrected chi connectivity index (χ1v) is 11.9. The fourth-order valence-corrected chi connectivity index (χ4v) is 4.93. The number of para-hydroxylation sites is 1. The van der Waals surface area contributed by atoms with Crippen molar-refractivity contribution in [1.82, 2.24) is 0 Å². The van der Waals surface area contributed by atoms with Crippen molar-refractivity contribution >= 4 is 11.6 Å². The van der Waals surface area contributed by atoms with E-state index in [1.807, 2.05) is 36.4 Å². The number of carbonyl (C=O) groups is 1. The second-order valence-corrected chi connectivity index (χ2v) is 9.07. The topological polar surface area (TPSA) is 81.0 Å². The molecule has 1 heterocycles. The number of anilines is 1. The zero-order chi connectivity index (χ0) is 25.2. The summed E-state index contributed by atoms with van der Waals surface area (Å²) in [6.07, 6.45) is -0.0408. The van der Waals surface area contributed by atoms with Gasteiger partial charge in [0.15, 0.2) is 0 Å². The first-order chi connectivity index (χ1) is 17.4. The molecule has 0 radical (unpaired) electrons. The monoisotopic (exact) mass is 483 g/mol. The predicted molar refractivity (Wildman–Crippen MR) is 136 cm³/mol. The van der Waals surface area contributed by atoms with E-state index in [-0.39, 0.29) is 35.2 Å².